The van der Waals surface area contributed by atoms with Gasteiger partial charge in [0.05, 0.1) is 6.42 Å². The van der Waals surface area contributed by atoms with E-state index in [1.807, 2.05) is 5.32 Å². The van der Waals surface area contributed by atoms with Crippen molar-refractivity contribution in [2.75, 3.05) is 5.75 Å². The number of carbonyl (C=O) groups is 4. The molecule has 4 N–H and O–H groups in total. The van der Waals surface area contributed by atoms with Gasteiger partial charge in [0.2, 0.25) is 5.91 Å². The maximum Gasteiger partial charge on any atom is 0.328 e. The molecule has 100 valence electrons. The third-order valence-electron chi connectivity index (χ3n) is 1.72. The highest BCUT2D eigenvalue weighted by Gasteiger charge is 2.22. The monoisotopic (exact) mass is 277 g/mol. The molecule has 0 aliphatic carbocycles. The summed E-state index contributed by atoms with van der Waals surface area (Å²) in [7, 11) is 0. The van der Waals surface area contributed by atoms with Gasteiger partial charge in [0.1, 0.15) is 6.04 Å². The number of carbonyl (C=O) groups excluding carboxylic acids is 1. The standard InChI is InChI=1S/C9H11NO7S/c11-6(12)1-4(2-7(13)14)8(15)10-5(3-18)9(16)17/h1,5,18H,2-3H2,(H,10,15)(H,11,12)(H,13,14)(H,16,17)/b4-1-/t5-/m0/s1. The quantitative estimate of drug-likeness (QED) is 0.296. The number of aliphatic carboxylic acids is 3. The predicted octanol–water partition coefficient (Wildman–Crippen LogP) is -1.03. The smallest absolute Gasteiger partial charge is 0.328 e. The minimum Gasteiger partial charge on any atom is -0.481 e. The first-order valence-electron chi connectivity index (χ1n) is 4.57. The SMILES string of the molecule is O=C(O)/C=C(/CC(=O)O)C(=O)N[C@@H](CS)C(=O)O. The maximum absolute atomic E-state index is 11.5. The van der Waals surface area contributed by atoms with E-state index in [0.29, 0.717) is 6.08 Å². The second-order valence-electron chi connectivity index (χ2n) is 3.13. The van der Waals surface area contributed by atoms with Crippen molar-refractivity contribution in [2.24, 2.45) is 0 Å². The molecule has 18 heavy (non-hydrogen) atoms. The molecule has 0 saturated carbocycles. The summed E-state index contributed by atoms with van der Waals surface area (Å²) in [5, 5.41) is 27.6. The zero-order valence-corrected chi connectivity index (χ0v) is 9.89. The highest BCUT2D eigenvalue weighted by atomic mass is 32.1. The van der Waals surface area contributed by atoms with Crippen LogP contribution in [0.4, 0.5) is 0 Å². The maximum atomic E-state index is 11.5. The van der Waals surface area contributed by atoms with Gasteiger partial charge in [-0.2, -0.15) is 12.6 Å². The molecule has 0 radical (unpaired) electrons. The molecule has 0 bridgehead atoms. The van der Waals surface area contributed by atoms with Crippen LogP contribution in [0.3, 0.4) is 0 Å². The Morgan fingerprint density at radius 3 is 2.06 bits per heavy atom. The molecule has 0 saturated heterocycles. The van der Waals surface area contributed by atoms with Crippen molar-refractivity contribution in [3.8, 4) is 0 Å². The first-order chi connectivity index (χ1) is 8.27. The first kappa shape index (κ1) is 16.0. The predicted molar refractivity (Wildman–Crippen MR) is 61.4 cm³/mol. The third kappa shape index (κ3) is 5.89. The molecule has 0 aliphatic rings. The fourth-order valence-corrected chi connectivity index (χ4v) is 1.19. The molecule has 0 spiro atoms. The summed E-state index contributed by atoms with van der Waals surface area (Å²) >= 11 is 3.69. The van der Waals surface area contributed by atoms with E-state index in [-0.39, 0.29) is 5.75 Å². The lowest BCUT2D eigenvalue weighted by Crippen LogP contribution is -2.43. The molecule has 0 rings (SSSR count). The van der Waals surface area contributed by atoms with Crippen LogP contribution in [-0.4, -0.2) is 50.9 Å². The number of rotatable bonds is 7. The van der Waals surface area contributed by atoms with Crippen molar-refractivity contribution in [2.45, 2.75) is 12.5 Å². The van der Waals surface area contributed by atoms with E-state index in [4.69, 9.17) is 15.3 Å². The molecule has 1 amide bonds. The lowest BCUT2D eigenvalue weighted by molar-refractivity contribution is -0.140. The minimum absolute atomic E-state index is 0.214. The molecular formula is C9H11NO7S. The van der Waals surface area contributed by atoms with Gasteiger partial charge >= 0.3 is 17.9 Å². The number of carboxylic acid groups (broad SMARTS) is 3. The van der Waals surface area contributed by atoms with Gasteiger partial charge in [0.15, 0.2) is 0 Å². The van der Waals surface area contributed by atoms with Crippen LogP contribution >= 0.6 is 12.6 Å². The molecule has 0 unspecified atom stereocenters. The summed E-state index contributed by atoms with van der Waals surface area (Å²) in [6.07, 6.45) is -0.405. The van der Waals surface area contributed by atoms with Crippen molar-refractivity contribution in [1.29, 1.82) is 0 Å². The average Bonchev–Trinajstić information content (AvgIpc) is 2.22. The van der Waals surface area contributed by atoms with Crippen LogP contribution < -0.4 is 5.32 Å². The lowest BCUT2D eigenvalue weighted by atomic mass is 10.1. The van der Waals surface area contributed by atoms with E-state index in [0.717, 1.165) is 0 Å². The van der Waals surface area contributed by atoms with Crippen LogP contribution in [-0.2, 0) is 19.2 Å². The minimum atomic E-state index is -1.50. The second-order valence-corrected chi connectivity index (χ2v) is 3.49. The van der Waals surface area contributed by atoms with Crippen LogP contribution in [0.5, 0.6) is 0 Å². The normalized spacial score (nSPS) is 12.6. The summed E-state index contributed by atoms with van der Waals surface area (Å²) < 4.78 is 0. The molecule has 0 aromatic rings. The number of carboxylic acids is 3. The summed E-state index contributed by atoms with van der Waals surface area (Å²) in [5.74, 6) is -5.55. The van der Waals surface area contributed by atoms with Gasteiger partial charge in [-0.25, -0.2) is 9.59 Å². The van der Waals surface area contributed by atoms with Gasteiger partial charge < -0.3 is 20.6 Å². The van der Waals surface area contributed by atoms with Crippen molar-refractivity contribution in [3.05, 3.63) is 11.6 Å². The highest BCUT2D eigenvalue weighted by molar-refractivity contribution is 7.80. The second kappa shape index (κ2) is 7.33. The molecule has 0 aromatic carbocycles. The van der Waals surface area contributed by atoms with Gasteiger partial charge in [-0.1, -0.05) is 0 Å². The fourth-order valence-electron chi connectivity index (χ4n) is 0.945. The van der Waals surface area contributed by atoms with E-state index < -0.39 is 41.9 Å². The van der Waals surface area contributed by atoms with Crippen molar-refractivity contribution < 1.29 is 34.5 Å². The molecular weight excluding hydrogens is 266 g/mol. The molecule has 0 aliphatic heterocycles. The van der Waals surface area contributed by atoms with Gasteiger partial charge in [-0.3, -0.25) is 9.59 Å². The number of thiol groups is 1. The van der Waals surface area contributed by atoms with E-state index in [1.54, 1.807) is 0 Å². The van der Waals surface area contributed by atoms with Gasteiger partial charge in [0.25, 0.3) is 0 Å². The Morgan fingerprint density at radius 1 is 1.17 bits per heavy atom. The van der Waals surface area contributed by atoms with Crippen molar-refractivity contribution in [3.63, 3.8) is 0 Å². The van der Waals surface area contributed by atoms with Crippen molar-refractivity contribution in [1.82, 2.24) is 5.32 Å². The Bertz CT molecular complexity index is 404. The van der Waals surface area contributed by atoms with Crippen molar-refractivity contribution >= 4 is 36.4 Å². The Balaban J connectivity index is 4.92. The summed E-state index contributed by atoms with van der Waals surface area (Å²) in [6, 6.07) is -1.33. The highest BCUT2D eigenvalue weighted by Crippen LogP contribution is 2.03. The summed E-state index contributed by atoms with van der Waals surface area (Å²) in [6.45, 7) is 0. The molecule has 0 fully saturated rings. The largest absolute Gasteiger partial charge is 0.481 e. The Hall–Kier alpha value is -2.03. The molecule has 0 heterocycles. The summed E-state index contributed by atoms with van der Waals surface area (Å²) in [4.78, 5) is 42.9. The number of hydrogen-bond acceptors (Lipinski definition) is 5. The zero-order chi connectivity index (χ0) is 14.3. The molecule has 9 heteroatoms. The van der Waals surface area contributed by atoms with Gasteiger partial charge in [-0.15, -0.1) is 0 Å². The molecule has 1 atom stereocenters. The Morgan fingerprint density at radius 2 is 1.72 bits per heavy atom. The van der Waals surface area contributed by atoms with Crippen LogP contribution in [0.15, 0.2) is 11.6 Å². The number of hydrogen-bond donors (Lipinski definition) is 5. The van der Waals surface area contributed by atoms with Crippen LogP contribution in [0, 0.1) is 0 Å². The molecule has 8 nitrogen and oxygen atoms in total. The topological polar surface area (TPSA) is 141 Å². The summed E-state index contributed by atoms with van der Waals surface area (Å²) in [5.41, 5.74) is -0.553. The van der Waals surface area contributed by atoms with E-state index in [9.17, 15) is 19.2 Å². The van der Waals surface area contributed by atoms with E-state index in [2.05, 4.69) is 12.6 Å². The number of amides is 1. The Labute approximate surface area is 107 Å². The third-order valence-corrected chi connectivity index (χ3v) is 2.08. The number of nitrogens with one attached hydrogen (secondary N) is 1. The van der Waals surface area contributed by atoms with Crippen LogP contribution in [0.25, 0.3) is 0 Å². The van der Waals surface area contributed by atoms with Gasteiger partial charge in [0, 0.05) is 17.4 Å². The van der Waals surface area contributed by atoms with Gasteiger partial charge in [-0.05, 0) is 0 Å². The zero-order valence-electron chi connectivity index (χ0n) is 8.99. The average molecular weight is 277 g/mol. The van der Waals surface area contributed by atoms with Crippen LogP contribution in [0.2, 0.25) is 0 Å². The fraction of sp³-hybridized carbons (Fsp3) is 0.333. The lowest BCUT2D eigenvalue weighted by Gasteiger charge is -2.12. The van der Waals surface area contributed by atoms with E-state index in [1.165, 1.54) is 0 Å². The first-order valence-corrected chi connectivity index (χ1v) is 5.21. The van der Waals surface area contributed by atoms with E-state index >= 15 is 0 Å². The Kier molecular flexibility index (Phi) is 6.50. The molecule has 0 aromatic heterocycles. The van der Waals surface area contributed by atoms with Crippen LogP contribution in [0.1, 0.15) is 6.42 Å².